The molecule has 0 unspecified atom stereocenters. The highest BCUT2D eigenvalue weighted by molar-refractivity contribution is 5.79. The topological polar surface area (TPSA) is 29.5 Å². The molecule has 0 aliphatic carbocycles. The summed E-state index contributed by atoms with van der Waals surface area (Å²) in [6.45, 7) is 6.80. The first-order valence-electron chi connectivity index (χ1n) is 7.98. The number of hydrogen-bond donors (Lipinski definition) is 0. The minimum Gasteiger partial charge on any atom is -0.496 e. The van der Waals surface area contributed by atoms with Gasteiger partial charge >= 0.3 is 0 Å². The summed E-state index contributed by atoms with van der Waals surface area (Å²) in [5.41, 5.74) is 3.30. The van der Waals surface area contributed by atoms with E-state index in [1.807, 2.05) is 35.2 Å². The first-order valence-corrected chi connectivity index (χ1v) is 7.98. The number of carbonyl (C=O) groups excluding carboxylic acids is 1. The van der Waals surface area contributed by atoms with Crippen molar-refractivity contribution < 1.29 is 9.53 Å². The van der Waals surface area contributed by atoms with Crippen LogP contribution in [-0.2, 0) is 17.8 Å². The van der Waals surface area contributed by atoms with E-state index in [1.165, 1.54) is 5.56 Å². The molecule has 0 N–H and O–H groups in total. The zero-order chi connectivity index (χ0) is 16.8. The van der Waals surface area contributed by atoms with Gasteiger partial charge in [-0.2, -0.15) is 0 Å². The number of hydrogen-bond acceptors (Lipinski definition) is 2. The lowest BCUT2D eigenvalue weighted by atomic mass is 10.1. The van der Waals surface area contributed by atoms with Crippen LogP contribution in [0.3, 0.4) is 0 Å². The van der Waals surface area contributed by atoms with E-state index in [-0.39, 0.29) is 11.9 Å². The summed E-state index contributed by atoms with van der Waals surface area (Å²) < 4.78 is 5.35. The van der Waals surface area contributed by atoms with Crippen molar-refractivity contribution >= 4 is 5.91 Å². The van der Waals surface area contributed by atoms with Gasteiger partial charge in [-0.1, -0.05) is 48.0 Å². The Balaban J connectivity index is 2.15. The molecule has 0 spiro atoms. The smallest absolute Gasteiger partial charge is 0.227 e. The third-order valence-corrected chi connectivity index (χ3v) is 3.91. The first kappa shape index (κ1) is 17.1. The number of methoxy groups -OCH3 is 1. The Morgan fingerprint density at radius 2 is 1.87 bits per heavy atom. The highest BCUT2D eigenvalue weighted by Gasteiger charge is 2.19. The molecule has 0 fully saturated rings. The number of rotatable bonds is 6. The molecule has 1 amide bonds. The average molecular weight is 311 g/mol. The molecule has 0 saturated carbocycles. The maximum absolute atomic E-state index is 12.8. The van der Waals surface area contributed by atoms with Crippen LogP contribution in [0.1, 0.15) is 30.5 Å². The van der Waals surface area contributed by atoms with Gasteiger partial charge in [0.15, 0.2) is 0 Å². The highest BCUT2D eigenvalue weighted by Crippen LogP contribution is 2.20. The first-order chi connectivity index (χ1) is 11.0. The lowest BCUT2D eigenvalue weighted by Gasteiger charge is -2.27. The Kier molecular flexibility index (Phi) is 5.80. The van der Waals surface area contributed by atoms with Gasteiger partial charge in [-0.3, -0.25) is 4.79 Å². The number of para-hydroxylation sites is 1. The van der Waals surface area contributed by atoms with Gasteiger partial charge in [-0.05, 0) is 32.4 Å². The monoisotopic (exact) mass is 311 g/mol. The van der Waals surface area contributed by atoms with Crippen LogP contribution in [0, 0.1) is 6.92 Å². The molecule has 0 bridgehead atoms. The number of ether oxygens (including phenoxy) is 1. The quantitative estimate of drug-likeness (QED) is 0.807. The zero-order valence-electron chi connectivity index (χ0n) is 14.4. The van der Waals surface area contributed by atoms with Crippen molar-refractivity contribution in [3.8, 4) is 5.75 Å². The van der Waals surface area contributed by atoms with Gasteiger partial charge in [0, 0.05) is 18.2 Å². The molecule has 0 saturated heterocycles. The Morgan fingerprint density at radius 3 is 2.52 bits per heavy atom. The van der Waals surface area contributed by atoms with Gasteiger partial charge in [-0.25, -0.2) is 0 Å². The van der Waals surface area contributed by atoms with E-state index in [2.05, 4.69) is 39.0 Å². The second kappa shape index (κ2) is 7.82. The molecule has 0 atom stereocenters. The molecule has 2 aromatic rings. The van der Waals surface area contributed by atoms with Gasteiger partial charge in [0.25, 0.3) is 0 Å². The third kappa shape index (κ3) is 4.59. The Hall–Kier alpha value is -2.29. The lowest BCUT2D eigenvalue weighted by Crippen LogP contribution is -2.37. The van der Waals surface area contributed by atoms with Crippen molar-refractivity contribution in [2.45, 2.75) is 39.8 Å². The summed E-state index contributed by atoms with van der Waals surface area (Å²) in [7, 11) is 1.64. The van der Waals surface area contributed by atoms with E-state index in [0.29, 0.717) is 13.0 Å². The van der Waals surface area contributed by atoms with Crippen LogP contribution in [-0.4, -0.2) is 24.0 Å². The van der Waals surface area contributed by atoms with Gasteiger partial charge in [-0.15, -0.1) is 0 Å². The Bertz CT molecular complexity index is 664. The van der Waals surface area contributed by atoms with Crippen molar-refractivity contribution in [3.05, 3.63) is 65.2 Å². The van der Waals surface area contributed by atoms with Crippen LogP contribution in [0.4, 0.5) is 0 Å². The molecule has 3 heteroatoms. The van der Waals surface area contributed by atoms with E-state index in [4.69, 9.17) is 4.74 Å². The molecule has 0 radical (unpaired) electrons. The van der Waals surface area contributed by atoms with E-state index >= 15 is 0 Å². The van der Waals surface area contributed by atoms with Crippen LogP contribution in [0.25, 0.3) is 0 Å². The molecular formula is C20H25NO2. The largest absolute Gasteiger partial charge is 0.496 e. The normalized spacial score (nSPS) is 10.7. The predicted molar refractivity (Wildman–Crippen MR) is 93.6 cm³/mol. The van der Waals surface area contributed by atoms with Crippen molar-refractivity contribution in [2.24, 2.45) is 0 Å². The number of amides is 1. The Morgan fingerprint density at radius 1 is 1.13 bits per heavy atom. The van der Waals surface area contributed by atoms with Crippen molar-refractivity contribution in [2.75, 3.05) is 7.11 Å². The molecule has 23 heavy (non-hydrogen) atoms. The fourth-order valence-electron chi connectivity index (χ4n) is 2.68. The second-order valence-corrected chi connectivity index (χ2v) is 6.09. The Labute approximate surface area is 138 Å². The van der Waals surface area contributed by atoms with Crippen LogP contribution in [0.2, 0.25) is 0 Å². The molecule has 0 heterocycles. The van der Waals surface area contributed by atoms with Gasteiger partial charge in [0.1, 0.15) is 5.75 Å². The molecular weight excluding hydrogens is 286 g/mol. The van der Waals surface area contributed by atoms with Crippen LogP contribution < -0.4 is 4.74 Å². The van der Waals surface area contributed by atoms with Crippen LogP contribution >= 0.6 is 0 Å². The van der Waals surface area contributed by atoms with Crippen LogP contribution in [0.5, 0.6) is 5.75 Å². The molecule has 3 nitrogen and oxygen atoms in total. The summed E-state index contributed by atoms with van der Waals surface area (Å²) in [6, 6.07) is 16.1. The molecule has 0 aliphatic heterocycles. The number of benzene rings is 2. The second-order valence-electron chi connectivity index (χ2n) is 6.09. The standard InChI is InChI=1S/C20H25NO2/c1-15(2)21(14-17-9-7-8-16(3)12-17)20(22)13-18-10-5-6-11-19(18)23-4/h5-12,15H,13-14H2,1-4H3. The zero-order valence-corrected chi connectivity index (χ0v) is 14.4. The van der Waals surface area contributed by atoms with Gasteiger partial charge in [0.05, 0.1) is 13.5 Å². The maximum atomic E-state index is 12.8. The van der Waals surface area contributed by atoms with Gasteiger partial charge in [0.2, 0.25) is 5.91 Å². The fraction of sp³-hybridized carbons (Fsp3) is 0.350. The van der Waals surface area contributed by atoms with Crippen molar-refractivity contribution in [1.82, 2.24) is 4.90 Å². The van der Waals surface area contributed by atoms with E-state index < -0.39 is 0 Å². The van der Waals surface area contributed by atoms with Gasteiger partial charge < -0.3 is 9.64 Å². The number of aryl methyl sites for hydroxylation is 1. The maximum Gasteiger partial charge on any atom is 0.227 e. The number of nitrogens with zero attached hydrogens (tertiary/aromatic N) is 1. The fourth-order valence-corrected chi connectivity index (χ4v) is 2.68. The number of carbonyl (C=O) groups is 1. The van der Waals surface area contributed by atoms with Crippen LogP contribution in [0.15, 0.2) is 48.5 Å². The van der Waals surface area contributed by atoms with E-state index in [9.17, 15) is 4.79 Å². The predicted octanol–water partition coefficient (Wildman–Crippen LogP) is 3.98. The summed E-state index contributed by atoms with van der Waals surface area (Å²) in [4.78, 5) is 14.7. The minimum atomic E-state index is 0.117. The molecule has 122 valence electrons. The average Bonchev–Trinajstić information content (AvgIpc) is 2.52. The SMILES string of the molecule is COc1ccccc1CC(=O)N(Cc1cccc(C)c1)C(C)C. The molecule has 2 aromatic carbocycles. The summed E-state index contributed by atoms with van der Waals surface area (Å²) in [5, 5.41) is 0. The highest BCUT2D eigenvalue weighted by atomic mass is 16.5. The molecule has 2 rings (SSSR count). The minimum absolute atomic E-state index is 0.117. The summed E-state index contributed by atoms with van der Waals surface area (Å²) >= 11 is 0. The third-order valence-electron chi connectivity index (χ3n) is 3.91. The summed E-state index contributed by atoms with van der Waals surface area (Å²) in [5.74, 6) is 0.881. The van der Waals surface area contributed by atoms with Crippen molar-refractivity contribution in [1.29, 1.82) is 0 Å². The van der Waals surface area contributed by atoms with Crippen molar-refractivity contribution in [3.63, 3.8) is 0 Å². The lowest BCUT2D eigenvalue weighted by molar-refractivity contribution is -0.132. The summed E-state index contributed by atoms with van der Waals surface area (Å²) in [6.07, 6.45) is 0.355. The molecule has 0 aromatic heterocycles. The molecule has 0 aliphatic rings. The van der Waals surface area contributed by atoms with E-state index in [1.54, 1.807) is 7.11 Å². The van der Waals surface area contributed by atoms with E-state index in [0.717, 1.165) is 16.9 Å².